The number of benzene rings is 2. The van der Waals surface area contributed by atoms with Gasteiger partial charge in [0.1, 0.15) is 0 Å². The van der Waals surface area contributed by atoms with Crippen molar-refractivity contribution in [2.45, 2.75) is 26.8 Å². The van der Waals surface area contributed by atoms with Gasteiger partial charge in [-0.1, -0.05) is 40.2 Å². The summed E-state index contributed by atoms with van der Waals surface area (Å²) in [6, 6.07) is 13.5. The molecule has 0 aliphatic rings. The molecule has 2 rings (SSSR count). The van der Waals surface area contributed by atoms with Crippen molar-refractivity contribution in [3.8, 4) is 0 Å². The molecule has 2 aromatic carbocycles. The van der Waals surface area contributed by atoms with Gasteiger partial charge in [0.2, 0.25) is 11.8 Å². The maximum Gasteiger partial charge on any atom is 0.238 e. The van der Waals surface area contributed by atoms with Gasteiger partial charge in [0.25, 0.3) is 0 Å². The highest BCUT2D eigenvalue weighted by atomic mass is 79.9. The first-order chi connectivity index (χ1) is 12.8. The van der Waals surface area contributed by atoms with E-state index in [1.807, 2.05) is 63.2 Å². The number of nitrogens with zero attached hydrogens (tertiary/aromatic N) is 1. The highest BCUT2D eigenvalue weighted by Gasteiger charge is 2.14. The molecule has 6 heteroatoms. The van der Waals surface area contributed by atoms with Gasteiger partial charge < -0.3 is 10.6 Å². The molecular weight excluding hydrogens is 406 g/mol. The van der Waals surface area contributed by atoms with Crippen LogP contribution in [0.4, 0.5) is 5.69 Å². The van der Waals surface area contributed by atoms with Crippen LogP contribution in [0.1, 0.15) is 29.7 Å². The van der Waals surface area contributed by atoms with Gasteiger partial charge in [-0.3, -0.25) is 14.5 Å². The summed E-state index contributed by atoms with van der Waals surface area (Å²) >= 11 is 3.40. The summed E-state index contributed by atoms with van der Waals surface area (Å²) in [7, 11) is 1.76. The van der Waals surface area contributed by atoms with E-state index in [1.165, 1.54) is 0 Å². The summed E-state index contributed by atoms with van der Waals surface area (Å²) in [5, 5.41) is 5.87. The number of carbonyl (C=O) groups excluding carboxylic acids is 2. The highest BCUT2D eigenvalue weighted by Crippen LogP contribution is 2.18. The third kappa shape index (κ3) is 6.48. The molecule has 144 valence electrons. The van der Waals surface area contributed by atoms with Gasteiger partial charge in [0.05, 0.1) is 19.1 Å². The average Bonchev–Trinajstić information content (AvgIpc) is 2.59. The minimum atomic E-state index is -0.139. The van der Waals surface area contributed by atoms with E-state index in [9.17, 15) is 9.59 Å². The zero-order valence-electron chi connectivity index (χ0n) is 16.2. The predicted octanol–water partition coefficient (Wildman–Crippen LogP) is 3.81. The number of hydrogen-bond acceptors (Lipinski definition) is 3. The topological polar surface area (TPSA) is 61.4 Å². The number of rotatable bonds is 7. The van der Waals surface area contributed by atoms with Crippen molar-refractivity contribution in [2.24, 2.45) is 0 Å². The monoisotopic (exact) mass is 431 g/mol. The van der Waals surface area contributed by atoms with Crippen molar-refractivity contribution < 1.29 is 9.59 Å². The fourth-order valence-corrected chi connectivity index (χ4v) is 3.01. The van der Waals surface area contributed by atoms with Gasteiger partial charge >= 0.3 is 0 Å². The largest absolute Gasteiger partial charge is 0.348 e. The van der Waals surface area contributed by atoms with Gasteiger partial charge in [-0.05, 0) is 62.7 Å². The summed E-state index contributed by atoms with van der Waals surface area (Å²) in [6.07, 6.45) is 0. The third-order valence-electron chi connectivity index (χ3n) is 4.45. The van der Waals surface area contributed by atoms with E-state index in [0.717, 1.165) is 26.9 Å². The van der Waals surface area contributed by atoms with Crippen molar-refractivity contribution in [3.63, 3.8) is 0 Å². The average molecular weight is 432 g/mol. The molecule has 2 aromatic rings. The van der Waals surface area contributed by atoms with Gasteiger partial charge in [-0.15, -0.1) is 0 Å². The number of halogens is 1. The lowest BCUT2D eigenvalue weighted by Crippen LogP contribution is -2.39. The van der Waals surface area contributed by atoms with Crippen LogP contribution in [0.2, 0.25) is 0 Å². The lowest BCUT2D eigenvalue weighted by molar-refractivity contribution is -0.123. The lowest BCUT2D eigenvalue weighted by Gasteiger charge is -2.19. The van der Waals surface area contributed by atoms with E-state index in [0.29, 0.717) is 0 Å². The van der Waals surface area contributed by atoms with Crippen LogP contribution >= 0.6 is 15.9 Å². The first kappa shape index (κ1) is 21.1. The Morgan fingerprint density at radius 3 is 2.33 bits per heavy atom. The van der Waals surface area contributed by atoms with Gasteiger partial charge in [-0.25, -0.2) is 0 Å². The molecule has 2 amide bonds. The van der Waals surface area contributed by atoms with E-state index in [1.54, 1.807) is 11.9 Å². The number of amides is 2. The molecule has 1 unspecified atom stereocenters. The highest BCUT2D eigenvalue weighted by molar-refractivity contribution is 9.10. The van der Waals surface area contributed by atoms with Crippen molar-refractivity contribution >= 4 is 33.4 Å². The first-order valence-corrected chi connectivity index (χ1v) is 9.65. The molecule has 0 bridgehead atoms. The van der Waals surface area contributed by atoms with Gasteiger partial charge in [0.15, 0.2) is 0 Å². The van der Waals surface area contributed by atoms with Crippen molar-refractivity contribution in [3.05, 3.63) is 63.6 Å². The second kappa shape index (κ2) is 9.67. The number of aryl methyl sites for hydroxylation is 1. The molecule has 0 fully saturated rings. The number of hydrogen-bond donors (Lipinski definition) is 2. The Labute approximate surface area is 169 Å². The molecule has 0 aliphatic heterocycles. The minimum Gasteiger partial charge on any atom is -0.348 e. The number of anilines is 1. The molecule has 1 atom stereocenters. The van der Waals surface area contributed by atoms with Gasteiger partial charge in [0, 0.05) is 10.2 Å². The quantitative estimate of drug-likeness (QED) is 0.700. The SMILES string of the molecule is Cc1cccc(NC(=O)CN(C)CC(=O)NC(C)c2ccc(Br)cc2)c1C. The smallest absolute Gasteiger partial charge is 0.238 e. The molecule has 0 aliphatic carbocycles. The maximum atomic E-state index is 12.3. The molecule has 0 saturated heterocycles. The Hall–Kier alpha value is -2.18. The molecule has 0 spiro atoms. The summed E-state index contributed by atoms with van der Waals surface area (Å²) in [6.45, 7) is 6.22. The summed E-state index contributed by atoms with van der Waals surface area (Å²) in [5.41, 5.74) is 4.01. The van der Waals surface area contributed by atoms with Crippen molar-refractivity contribution in [1.29, 1.82) is 0 Å². The molecule has 0 aromatic heterocycles. The summed E-state index contributed by atoms with van der Waals surface area (Å²) < 4.78 is 0.999. The fourth-order valence-electron chi connectivity index (χ4n) is 2.74. The van der Waals surface area contributed by atoms with Crippen LogP contribution in [0, 0.1) is 13.8 Å². The number of nitrogens with one attached hydrogen (secondary N) is 2. The van der Waals surface area contributed by atoms with Crippen LogP contribution in [-0.4, -0.2) is 36.9 Å². The normalized spacial score (nSPS) is 11.9. The number of carbonyl (C=O) groups is 2. The van der Waals surface area contributed by atoms with Crippen LogP contribution in [-0.2, 0) is 9.59 Å². The minimum absolute atomic E-state index is 0.0947. The Kier molecular flexibility index (Phi) is 7.56. The van der Waals surface area contributed by atoms with Crippen LogP contribution < -0.4 is 10.6 Å². The van der Waals surface area contributed by atoms with Crippen molar-refractivity contribution in [2.75, 3.05) is 25.5 Å². The van der Waals surface area contributed by atoms with E-state index < -0.39 is 0 Å². The second-order valence-electron chi connectivity index (χ2n) is 6.81. The lowest BCUT2D eigenvalue weighted by atomic mass is 10.1. The fraction of sp³-hybridized carbons (Fsp3) is 0.333. The van der Waals surface area contributed by atoms with Gasteiger partial charge in [-0.2, -0.15) is 0 Å². The Balaban J connectivity index is 1.82. The maximum absolute atomic E-state index is 12.3. The molecule has 2 N–H and O–H groups in total. The van der Waals surface area contributed by atoms with E-state index in [4.69, 9.17) is 0 Å². The van der Waals surface area contributed by atoms with E-state index >= 15 is 0 Å². The van der Waals surface area contributed by atoms with Crippen LogP contribution in [0.15, 0.2) is 46.9 Å². The van der Waals surface area contributed by atoms with E-state index in [2.05, 4.69) is 26.6 Å². The zero-order valence-corrected chi connectivity index (χ0v) is 17.8. The van der Waals surface area contributed by atoms with E-state index in [-0.39, 0.29) is 30.9 Å². The van der Waals surface area contributed by atoms with Crippen LogP contribution in [0.3, 0.4) is 0 Å². The van der Waals surface area contributed by atoms with Crippen LogP contribution in [0.5, 0.6) is 0 Å². The Bertz CT molecular complexity index is 806. The third-order valence-corrected chi connectivity index (χ3v) is 4.98. The molecule has 5 nitrogen and oxygen atoms in total. The summed E-state index contributed by atoms with van der Waals surface area (Å²) in [4.78, 5) is 26.2. The molecule has 0 saturated carbocycles. The second-order valence-corrected chi connectivity index (χ2v) is 7.72. The number of likely N-dealkylation sites (N-methyl/N-ethyl adjacent to an activating group) is 1. The van der Waals surface area contributed by atoms with Crippen molar-refractivity contribution in [1.82, 2.24) is 10.2 Å². The predicted molar refractivity (Wildman–Crippen MR) is 113 cm³/mol. The molecular formula is C21H26BrN3O2. The van der Waals surface area contributed by atoms with Crippen LogP contribution in [0.25, 0.3) is 0 Å². The molecule has 0 radical (unpaired) electrons. The Morgan fingerprint density at radius 1 is 1.04 bits per heavy atom. The first-order valence-electron chi connectivity index (χ1n) is 8.85. The Morgan fingerprint density at radius 2 is 1.67 bits per heavy atom. The molecule has 0 heterocycles. The molecule has 27 heavy (non-hydrogen) atoms. The summed E-state index contributed by atoms with van der Waals surface area (Å²) in [5.74, 6) is -0.257. The standard InChI is InChI=1S/C21H26BrN3O2/c1-14-6-5-7-19(15(14)2)24-21(27)13-25(4)12-20(26)23-16(3)17-8-10-18(22)11-9-17/h5-11,16H,12-13H2,1-4H3,(H,23,26)(H,24,27). The zero-order chi connectivity index (χ0) is 20.0.